The van der Waals surface area contributed by atoms with Crippen LogP contribution in [-0.2, 0) is 9.59 Å². The minimum absolute atomic E-state index is 0.121. The molecule has 30 heavy (non-hydrogen) atoms. The Morgan fingerprint density at radius 1 is 1.10 bits per heavy atom. The first kappa shape index (κ1) is 20.7. The first-order chi connectivity index (χ1) is 14.3. The van der Waals surface area contributed by atoms with Crippen LogP contribution >= 0.6 is 46.4 Å². The summed E-state index contributed by atoms with van der Waals surface area (Å²) in [5.41, 5.74) is 0.928. The molecule has 1 N–H and O–H groups in total. The van der Waals surface area contributed by atoms with E-state index in [0.717, 1.165) is 20.1 Å². The second kappa shape index (κ2) is 8.29. The average molecular weight is 553 g/mol. The van der Waals surface area contributed by atoms with Crippen molar-refractivity contribution in [2.24, 2.45) is 0 Å². The van der Waals surface area contributed by atoms with Gasteiger partial charge in [-0.3, -0.25) is 19.8 Å². The van der Waals surface area contributed by atoms with E-state index in [1.165, 1.54) is 18.2 Å². The highest BCUT2D eigenvalue weighted by molar-refractivity contribution is 14.1. The molecule has 1 saturated heterocycles. The lowest BCUT2D eigenvalue weighted by molar-refractivity contribution is -0.122. The first-order valence-corrected chi connectivity index (χ1v) is 10.4. The number of halogens is 3. The van der Waals surface area contributed by atoms with Gasteiger partial charge in [-0.05, 0) is 83.3 Å². The molecule has 0 atom stereocenters. The maximum absolute atomic E-state index is 13.5. The van der Waals surface area contributed by atoms with Crippen molar-refractivity contribution in [2.45, 2.75) is 0 Å². The summed E-state index contributed by atoms with van der Waals surface area (Å²) in [6.07, 6.45) is 1.34. The van der Waals surface area contributed by atoms with E-state index in [4.69, 9.17) is 28.2 Å². The molecule has 1 aromatic heterocycles. The van der Waals surface area contributed by atoms with Crippen molar-refractivity contribution in [3.63, 3.8) is 0 Å². The number of carbonyl (C=O) groups excluding carboxylic acids is 2. The van der Waals surface area contributed by atoms with E-state index in [0.29, 0.717) is 11.5 Å². The van der Waals surface area contributed by atoms with Gasteiger partial charge in [-0.2, -0.15) is 0 Å². The van der Waals surface area contributed by atoms with Crippen LogP contribution in [-0.4, -0.2) is 16.9 Å². The fourth-order valence-electron chi connectivity index (χ4n) is 2.86. The Hall–Kier alpha value is -2.56. The molecule has 3 aromatic rings. The molecule has 0 unspecified atom stereocenters. The van der Waals surface area contributed by atoms with Crippen LogP contribution in [0.3, 0.4) is 0 Å². The highest BCUT2D eigenvalue weighted by Gasteiger charge is 2.35. The van der Waals surface area contributed by atoms with Crippen molar-refractivity contribution < 1.29 is 18.4 Å². The van der Waals surface area contributed by atoms with Gasteiger partial charge in [0, 0.05) is 9.13 Å². The number of thiocarbonyl (C=S) groups is 1. The molecule has 2 amide bonds. The molecule has 1 aliphatic rings. The Morgan fingerprint density at radius 2 is 1.83 bits per heavy atom. The number of hydrogen-bond acceptors (Lipinski definition) is 4. The van der Waals surface area contributed by atoms with Crippen LogP contribution < -0.4 is 10.2 Å². The van der Waals surface area contributed by atoms with Crippen LogP contribution in [0.2, 0.25) is 5.02 Å². The van der Waals surface area contributed by atoms with E-state index in [1.807, 2.05) is 24.3 Å². The van der Waals surface area contributed by atoms with Gasteiger partial charge in [0.15, 0.2) is 5.11 Å². The molecule has 0 radical (unpaired) electrons. The Kier molecular flexibility index (Phi) is 5.72. The van der Waals surface area contributed by atoms with E-state index in [2.05, 4.69) is 27.9 Å². The Balaban J connectivity index is 1.67. The van der Waals surface area contributed by atoms with Gasteiger partial charge >= 0.3 is 0 Å². The van der Waals surface area contributed by atoms with Crippen molar-refractivity contribution in [1.82, 2.24) is 5.32 Å². The first-order valence-electron chi connectivity index (χ1n) is 8.56. The Morgan fingerprint density at radius 3 is 2.53 bits per heavy atom. The van der Waals surface area contributed by atoms with Gasteiger partial charge in [-0.15, -0.1) is 0 Å². The minimum Gasteiger partial charge on any atom is -0.457 e. The highest BCUT2D eigenvalue weighted by atomic mass is 127. The number of nitrogens with zero attached hydrogens (tertiary/aromatic N) is 1. The zero-order valence-electron chi connectivity index (χ0n) is 15.0. The summed E-state index contributed by atoms with van der Waals surface area (Å²) in [6, 6.07) is 14.9. The summed E-state index contributed by atoms with van der Waals surface area (Å²) >= 11 is 13.1. The molecule has 0 bridgehead atoms. The van der Waals surface area contributed by atoms with Crippen LogP contribution in [0, 0.1) is 9.39 Å². The average Bonchev–Trinajstić information content (AvgIpc) is 3.17. The lowest BCUT2D eigenvalue weighted by Crippen LogP contribution is -2.54. The van der Waals surface area contributed by atoms with Crippen molar-refractivity contribution in [2.75, 3.05) is 4.90 Å². The lowest BCUT2D eigenvalue weighted by Gasteiger charge is -2.28. The zero-order chi connectivity index (χ0) is 21.4. The number of furan rings is 1. The molecule has 0 spiro atoms. The summed E-state index contributed by atoms with van der Waals surface area (Å²) < 4.78 is 20.4. The summed E-state index contributed by atoms with van der Waals surface area (Å²) in [5, 5.41) is 2.17. The van der Waals surface area contributed by atoms with Gasteiger partial charge in [0.05, 0.1) is 10.7 Å². The number of benzene rings is 2. The van der Waals surface area contributed by atoms with E-state index in [9.17, 15) is 14.0 Å². The number of carbonyl (C=O) groups is 2. The van der Waals surface area contributed by atoms with Crippen molar-refractivity contribution in [3.05, 3.63) is 80.3 Å². The maximum Gasteiger partial charge on any atom is 0.270 e. The number of nitrogens with one attached hydrogen (secondary N) is 1. The van der Waals surface area contributed by atoms with E-state index in [1.54, 1.807) is 12.1 Å². The van der Waals surface area contributed by atoms with Crippen molar-refractivity contribution in [1.29, 1.82) is 0 Å². The smallest absolute Gasteiger partial charge is 0.270 e. The number of rotatable bonds is 3. The van der Waals surface area contributed by atoms with Gasteiger partial charge in [0.1, 0.15) is 22.9 Å². The number of anilines is 1. The quantitative estimate of drug-likeness (QED) is 0.211. The predicted octanol–water partition coefficient (Wildman–Crippen LogP) is 5.18. The zero-order valence-corrected chi connectivity index (χ0v) is 18.7. The maximum atomic E-state index is 13.5. The molecule has 0 aliphatic carbocycles. The Bertz CT molecular complexity index is 1220. The van der Waals surface area contributed by atoms with Crippen molar-refractivity contribution >= 4 is 75.1 Å². The van der Waals surface area contributed by atoms with Gasteiger partial charge in [0.25, 0.3) is 11.8 Å². The largest absolute Gasteiger partial charge is 0.457 e. The van der Waals surface area contributed by atoms with E-state index < -0.39 is 17.6 Å². The van der Waals surface area contributed by atoms with Crippen LogP contribution in [0.15, 0.2) is 64.6 Å². The molecule has 0 saturated carbocycles. The van der Waals surface area contributed by atoms with E-state index >= 15 is 0 Å². The molecule has 1 fully saturated rings. The summed E-state index contributed by atoms with van der Waals surface area (Å²) in [7, 11) is 0. The summed E-state index contributed by atoms with van der Waals surface area (Å²) in [6.45, 7) is 0. The monoisotopic (exact) mass is 552 g/mol. The van der Waals surface area contributed by atoms with Gasteiger partial charge in [0.2, 0.25) is 0 Å². The molecule has 150 valence electrons. The normalized spacial score (nSPS) is 15.6. The van der Waals surface area contributed by atoms with Gasteiger partial charge < -0.3 is 4.42 Å². The third-order valence-corrected chi connectivity index (χ3v) is 5.60. The van der Waals surface area contributed by atoms with Crippen LogP contribution in [0.5, 0.6) is 0 Å². The standard InChI is InChI=1S/C21H11ClFIN2O3S/c22-16-9-13(5-7-17(16)23)26-20(28)15(19(27)25-21(26)30)10-14-6-8-18(29-14)11-1-3-12(24)4-2-11/h1-10H,(H,25,27,30)/b15-10+. The summed E-state index contributed by atoms with van der Waals surface area (Å²) in [5.74, 6) is -1.03. The number of amides is 2. The number of hydrogen-bond donors (Lipinski definition) is 1. The molecule has 2 heterocycles. The predicted molar refractivity (Wildman–Crippen MR) is 124 cm³/mol. The molecule has 2 aromatic carbocycles. The fourth-order valence-corrected chi connectivity index (χ4v) is 3.67. The molecular weight excluding hydrogens is 542 g/mol. The second-order valence-electron chi connectivity index (χ2n) is 6.27. The van der Waals surface area contributed by atoms with Gasteiger partial charge in [-0.25, -0.2) is 4.39 Å². The SMILES string of the molecule is O=C1NC(=S)N(c2ccc(F)c(Cl)c2)C(=O)/C1=C/c1ccc(-c2ccc(I)cc2)o1. The topological polar surface area (TPSA) is 62.6 Å². The third-order valence-electron chi connectivity index (χ3n) is 4.31. The van der Waals surface area contributed by atoms with Crippen molar-refractivity contribution in [3.8, 4) is 11.3 Å². The fraction of sp³-hybridized carbons (Fsp3) is 0. The van der Waals surface area contributed by atoms with Crippen LogP contribution in [0.25, 0.3) is 17.4 Å². The molecule has 4 rings (SSSR count). The molecule has 9 heteroatoms. The van der Waals surface area contributed by atoms with E-state index in [-0.39, 0.29) is 21.4 Å². The molecule has 1 aliphatic heterocycles. The minimum atomic E-state index is -0.668. The highest BCUT2D eigenvalue weighted by Crippen LogP contribution is 2.28. The van der Waals surface area contributed by atoms with Gasteiger partial charge in [-0.1, -0.05) is 23.7 Å². The Labute approximate surface area is 194 Å². The lowest BCUT2D eigenvalue weighted by atomic mass is 10.1. The molecule has 5 nitrogen and oxygen atoms in total. The third kappa shape index (κ3) is 4.03. The second-order valence-corrected chi connectivity index (χ2v) is 8.30. The molecular formula is C21H11ClFIN2O3S. The summed E-state index contributed by atoms with van der Waals surface area (Å²) in [4.78, 5) is 26.5. The van der Waals surface area contributed by atoms with Crippen LogP contribution in [0.1, 0.15) is 5.76 Å². The van der Waals surface area contributed by atoms with Crippen LogP contribution in [0.4, 0.5) is 10.1 Å².